The Morgan fingerprint density at radius 3 is 2.48 bits per heavy atom. The van der Waals surface area contributed by atoms with Gasteiger partial charge in [-0.15, -0.1) is 0 Å². The van der Waals surface area contributed by atoms with Crippen molar-refractivity contribution >= 4 is 39.8 Å². The molecule has 3 aromatic heterocycles. The maximum absolute atomic E-state index is 13.3. The van der Waals surface area contributed by atoms with E-state index in [4.69, 9.17) is 5.73 Å². The number of nitrogens with one attached hydrogen (secondary N) is 3. The van der Waals surface area contributed by atoms with Crippen molar-refractivity contribution in [2.75, 3.05) is 16.4 Å². The summed E-state index contributed by atoms with van der Waals surface area (Å²) in [6.45, 7) is 0. The molecular weight excluding hydrogens is 509 g/mol. The number of pyridine rings is 1. The quantitative estimate of drug-likeness (QED) is 0.210. The number of nitrogen functional groups attached to an aromatic ring is 1. The van der Waals surface area contributed by atoms with E-state index in [0.29, 0.717) is 28.5 Å². The Morgan fingerprint density at radius 2 is 1.70 bits per heavy atom. The summed E-state index contributed by atoms with van der Waals surface area (Å²) in [5.41, 5.74) is 10.3. The Balaban J connectivity index is 1.22. The number of fused-ring (bicyclic) bond motifs is 1. The van der Waals surface area contributed by atoms with E-state index in [0.717, 1.165) is 22.2 Å². The number of aromatic nitrogens is 4. The molecule has 0 unspecified atom stereocenters. The molecule has 0 radical (unpaired) electrons. The number of carbonyl (C=O) groups excluding carboxylic acids is 1. The fourth-order valence-electron chi connectivity index (χ4n) is 4.44. The summed E-state index contributed by atoms with van der Waals surface area (Å²) in [5.74, 6) is -0.368. The van der Waals surface area contributed by atoms with Gasteiger partial charge in [0.2, 0.25) is 0 Å². The molecule has 6 rings (SSSR count). The Bertz CT molecular complexity index is 1910. The number of carbonyl (C=O) groups is 1. The third-order valence-electron chi connectivity index (χ3n) is 6.37. The summed E-state index contributed by atoms with van der Waals surface area (Å²) in [6, 6.07) is 23.1. The average molecular weight is 532 g/mol. The van der Waals surface area contributed by atoms with Crippen LogP contribution in [-0.4, -0.2) is 25.4 Å². The standard InChI is InChI=1S/C30H22FN7O2/c31-19-6-12-23(13-7-19)38-14-2-5-24(30(38)40)29(39)37-22-10-8-21(9-11-22)36-28-26-25(16-33-27(26)34-17-35-28)18-3-1-4-20(32)15-18/h1-17H,32H2,(H,37,39)(H2,33,34,35,36). The Morgan fingerprint density at radius 1 is 0.925 bits per heavy atom. The lowest BCUT2D eigenvalue weighted by Crippen LogP contribution is -2.27. The molecule has 0 aliphatic carbocycles. The number of hydrogen-bond donors (Lipinski definition) is 4. The molecular formula is C30H22FN7O2. The van der Waals surface area contributed by atoms with Gasteiger partial charge in [0.15, 0.2) is 0 Å². The van der Waals surface area contributed by atoms with Gasteiger partial charge in [0, 0.05) is 40.7 Å². The summed E-state index contributed by atoms with van der Waals surface area (Å²) in [7, 11) is 0. The van der Waals surface area contributed by atoms with Gasteiger partial charge in [0.1, 0.15) is 29.2 Å². The van der Waals surface area contributed by atoms with Crippen molar-refractivity contribution in [3.63, 3.8) is 0 Å². The monoisotopic (exact) mass is 531 g/mol. The summed E-state index contributed by atoms with van der Waals surface area (Å²) in [4.78, 5) is 37.8. The second kappa shape index (κ2) is 10.2. The van der Waals surface area contributed by atoms with Gasteiger partial charge in [0.25, 0.3) is 11.5 Å². The van der Waals surface area contributed by atoms with E-state index in [1.807, 2.05) is 30.5 Å². The van der Waals surface area contributed by atoms with Crippen molar-refractivity contribution in [3.05, 3.63) is 125 Å². The summed E-state index contributed by atoms with van der Waals surface area (Å²) in [6.07, 6.45) is 4.86. The minimum absolute atomic E-state index is 0.0426. The summed E-state index contributed by atoms with van der Waals surface area (Å²) < 4.78 is 14.6. The lowest BCUT2D eigenvalue weighted by Gasteiger charge is -2.11. The largest absolute Gasteiger partial charge is 0.399 e. The summed E-state index contributed by atoms with van der Waals surface area (Å²) >= 11 is 0. The van der Waals surface area contributed by atoms with Gasteiger partial charge in [-0.1, -0.05) is 12.1 Å². The predicted molar refractivity (Wildman–Crippen MR) is 153 cm³/mol. The van der Waals surface area contributed by atoms with E-state index in [2.05, 4.69) is 25.6 Å². The number of benzene rings is 3. The zero-order chi connectivity index (χ0) is 27.6. The molecule has 196 valence electrons. The van der Waals surface area contributed by atoms with Crippen LogP contribution < -0.4 is 21.9 Å². The minimum atomic E-state index is -0.557. The van der Waals surface area contributed by atoms with Crippen LogP contribution in [0.1, 0.15) is 10.4 Å². The number of aromatic amines is 1. The van der Waals surface area contributed by atoms with E-state index < -0.39 is 17.3 Å². The first-order valence-electron chi connectivity index (χ1n) is 12.3. The van der Waals surface area contributed by atoms with Gasteiger partial charge in [-0.05, 0) is 78.4 Å². The number of amides is 1. The highest BCUT2D eigenvalue weighted by atomic mass is 19.1. The predicted octanol–water partition coefficient (Wildman–Crippen LogP) is 5.49. The fraction of sp³-hybridized carbons (Fsp3) is 0. The van der Waals surface area contributed by atoms with Crippen LogP contribution in [0.4, 0.5) is 27.3 Å². The number of nitrogens with two attached hydrogens (primary N) is 1. The Kier molecular flexibility index (Phi) is 6.25. The first-order valence-corrected chi connectivity index (χ1v) is 12.3. The van der Waals surface area contributed by atoms with Gasteiger partial charge < -0.3 is 21.4 Å². The second-order valence-corrected chi connectivity index (χ2v) is 9.00. The highest BCUT2D eigenvalue weighted by Gasteiger charge is 2.15. The van der Waals surface area contributed by atoms with Crippen LogP contribution >= 0.6 is 0 Å². The third kappa shape index (κ3) is 4.76. The van der Waals surface area contributed by atoms with E-state index in [9.17, 15) is 14.0 Å². The van der Waals surface area contributed by atoms with E-state index >= 15 is 0 Å². The maximum atomic E-state index is 13.3. The van der Waals surface area contributed by atoms with Crippen LogP contribution in [0.3, 0.4) is 0 Å². The molecule has 10 heteroatoms. The molecule has 3 aromatic carbocycles. The zero-order valence-electron chi connectivity index (χ0n) is 20.9. The lowest BCUT2D eigenvalue weighted by atomic mass is 10.1. The van der Waals surface area contributed by atoms with Crippen molar-refractivity contribution in [2.24, 2.45) is 0 Å². The fourth-order valence-corrected chi connectivity index (χ4v) is 4.44. The van der Waals surface area contributed by atoms with Crippen molar-refractivity contribution in [1.29, 1.82) is 0 Å². The average Bonchev–Trinajstić information content (AvgIpc) is 3.40. The maximum Gasteiger partial charge on any atom is 0.267 e. The third-order valence-corrected chi connectivity index (χ3v) is 6.37. The van der Waals surface area contributed by atoms with Crippen LogP contribution in [0.25, 0.3) is 27.8 Å². The smallest absolute Gasteiger partial charge is 0.267 e. The molecule has 6 aromatic rings. The molecule has 5 N–H and O–H groups in total. The molecule has 0 aliphatic rings. The summed E-state index contributed by atoms with van der Waals surface area (Å²) in [5, 5.41) is 6.88. The first kappa shape index (κ1) is 24.6. The molecule has 0 bridgehead atoms. The van der Waals surface area contributed by atoms with E-state index in [1.54, 1.807) is 30.3 Å². The van der Waals surface area contributed by atoms with Crippen molar-refractivity contribution in [2.45, 2.75) is 0 Å². The Labute approximate surface area is 227 Å². The van der Waals surface area contributed by atoms with E-state index in [-0.39, 0.29) is 5.56 Å². The van der Waals surface area contributed by atoms with Crippen LogP contribution in [-0.2, 0) is 0 Å². The molecule has 0 aliphatic heterocycles. The topological polar surface area (TPSA) is 131 Å². The number of hydrogen-bond acceptors (Lipinski definition) is 6. The van der Waals surface area contributed by atoms with Crippen molar-refractivity contribution < 1.29 is 9.18 Å². The molecule has 0 spiro atoms. The van der Waals surface area contributed by atoms with Crippen molar-refractivity contribution in [1.82, 2.24) is 19.5 Å². The first-order chi connectivity index (χ1) is 19.5. The number of anilines is 4. The number of halogens is 1. The molecule has 40 heavy (non-hydrogen) atoms. The van der Waals surface area contributed by atoms with Crippen LogP contribution in [0, 0.1) is 5.82 Å². The highest BCUT2D eigenvalue weighted by Crippen LogP contribution is 2.34. The van der Waals surface area contributed by atoms with Crippen LogP contribution in [0.5, 0.6) is 0 Å². The zero-order valence-corrected chi connectivity index (χ0v) is 20.9. The lowest BCUT2D eigenvalue weighted by molar-refractivity contribution is 0.102. The van der Waals surface area contributed by atoms with Gasteiger partial charge in [-0.3, -0.25) is 14.2 Å². The van der Waals surface area contributed by atoms with E-state index in [1.165, 1.54) is 47.4 Å². The van der Waals surface area contributed by atoms with Crippen LogP contribution in [0.15, 0.2) is 108 Å². The van der Waals surface area contributed by atoms with Crippen LogP contribution in [0.2, 0.25) is 0 Å². The highest BCUT2D eigenvalue weighted by molar-refractivity contribution is 6.04. The molecule has 9 nitrogen and oxygen atoms in total. The van der Waals surface area contributed by atoms with Gasteiger partial charge in [0.05, 0.1) is 5.39 Å². The minimum Gasteiger partial charge on any atom is -0.399 e. The molecule has 1 amide bonds. The molecule has 0 saturated carbocycles. The molecule has 3 heterocycles. The van der Waals surface area contributed by atoms with Gasteiger partial charge in [-0.25, -0.2) is 14.4 Å². The Hall–Kier alpha value is -5.77. The molecule has 0 fully saturated rings. The SMILES string of the molecule is Nc1cccc(-c2c[nH]c3ncnc(Nc4ccc(NC(=O)c5cccn(-c6ccc(F)cc6)c5=O)cc4)c23)c1. The van der Waals surface area contributed by atoms with Crippen molar-refractivity contribution in [3.8, 4) is 16.8 Å². The number of H-pyrrole nitrogens is 1. The number of nitrogens with zero attached hydrogens (tertiary/aromatic N) is 3. The molecule has 0 saturated heterocycles. The van der Waals surface area contributed by atoms with Gasteiger partial charge in [-0.2, -0.15) is 0 Å². The molecule has 0 atom stereocenters. The normalized spacial score (nSPS) is 10.9. The second-order valence-electron chi connectivity index (χ2n) is 9.00. The van der Waals surface area contributed by atoms with Gasteiger partial charge >= 0.3 is 0 Å². The number of rotatable bonds is 6.